The van der Waals surface area contributed by atoms with E-state index < -0.39 is 5.97 Å². The van der Waals surface area contributed by atoms with Crippen LogP contribution in [0.1, 0.15) is 11.3 Å². The summed E-state index contributed by atoms with van der Waals surface area (Å²) < 4.78 is 11.8. The lowest BCUT2D eigenvalue weighted by Crippen LogP contribution is -2.25. The van der Waals surface area contributed by atoms with Gasteiger partial charge in [-0.3, -0.25) is 14.2 Å². The van der Waals surface area contributed by atoms with Crippen molar-refractivity contribution in [2.24, 2.45) is 0 Å². The highest BCUT2D eigenvalue weighted by atomic mass is 32.1. The Labute approximate surface area is 176 Å². The molecule has 2 aromatic heterocycles. The second-order valence-electron chi connectivity index (χ2n) is 6.69. The highest BCUT2D eigenvalue weighted by Crippen LogP contribution is 2.27. The smallest absolute Gasteiger partial charge is 0.326 e. The second-order valence-corrected chi connectivity index (χ2v) is 7.54. The summed E-state index contributed by atoms with van der Waals surface area (Å²) in [6.45, 7) is 1.72. The van der Waals surface area contributed by atoms with Crippen molar-refractivity contribution in [3.63, 3.8) is 0 Å². The molecule has 0 aliphatic heterocycles. The molecule has 152 valence electrons. The van der Waals surface area contributed by atoms with E-state index in [0.29, 0.717) is 16.6 Å². The van der Waals surface area contributed by atoms with Crippen LogP contribution in [0, 0.1) is 6.92 Å². The van der Waals surface area contributed by atoms with Gasteiger partial charge in [0, 0.05) is 10.9 Å². The van der Waals surface area contributed by atoms with Crippen LogP contribution in [0.4, 0.5) is 0 Å². The Kier molecular flexibility index (Phi) is 5.58. The minimum atomic E-state index is -0.526. The van der Waals surface area contributed by atoms with Crippen LogP contribution >= 0.6 is 11.3 Å². The lowest BCUT2D eigenvalue weighted by atomic mass is 10.1. The van der Waals surface area contributed by atoms with Crippen molar-refractivity contribution >= 4 is 28.2 Å². The Bertz CT molecular complexity index is 1280. The fourth-order valence-electron chi connectivity index (χ4n) is 3.05. The molecule has 0 radical (unpaired) electrons. The summed E-state index contributed by atoms with van der Waals surface area (Å²) in [4.78, 5) is 33.7. The molecule has 0 aliphatic rings. The third-order valence-electron chi connectivity index (χ3n) is 4.60. The van der Waals surface area contributed by atoms with Gasteiger partial charge in [-0.2, -0.15) is 0 Å². The van der Waals surface area contributed by atoms with E-state index in [4.69, 9.17) is 9.47 Å². The number of nitrogens with zero attached hydrogens (tertiary/aromatic N) is 3. The van der Waals surface area contributed by atoms with Crippen LogP contribution in [0.25, 0.3) is 21.5 Å². The van der Waals surface area contributed by atoms with E-state index in [1.807, 2.05) is 42.6 Å². The van der Waals surface area contributed by atoms with Gasteiger partial charge in [0.15, 0.2) is 0 Å². The summed E-state index contributed by atoms with van der Waals surface area (Å²) >= 11 is 1.46. The summed E-state index contributed by atoms with van der Waals surface area (Å²) in [5.41, 5.74) is 2.86. The molecule has 0 fully saturated rings. The van der Waals surface area contributed by atoms with Crippen molar-refractivity contribution in [3.8, 4) is 16.3 Å². The molecule has 4 aromatic rings. The number of carbonyl (C=O) groups excluding carboxylic acids is 1. The van der Waals surface area contributed by atoms with Gasteiger partial charge in [0.05, 0.1) is 30.0 Å². The zero-order chi connectivity index (χ0) is 21.1. The molecule has 2 aromatic carbocycles. The lowest BCUT2D eigenvalue weighted by Gasteiger charge is -2.07. The van der Waals surface area contributed by atoms with Crippen LogP contribution in [0.2, 0.25) is 0 Å². The predicted molar refractivity (Wildman–Crippen MR) is 115 cm³/mol. The van der Waals surface area contributed by atoms with Crippen LogP contribution in [-0.4, -0.2) is 27.6 Å². The summed E-state index contributed by atoms with van der Waals surface area (Å²) in [7, 11) is 1.61. The van der Waals surface area contributed by atoms with Gasteiger partial charge in [-0.1, -0.05) is 24.3 Å². The molecule has 4 rings (SSSR count). The van der Waals surface area contributed by atoms with Crippen molar-refractivity contribution in [3.05, 3.63) is 75.8 Å². The first-order chi connectivity index (χ1) is 14.5. The number of methoxy groups -OCH3 is 1. The van der Waals surface area contributed by atoms with Gasteiger partial charge in [0.25, 0.3) is 5.56 Å². The van der Waals surface area contributed by atoms with Crippen LogP contribution in [0.5, 0.6) is 5.75 Å². The van der Waals surface area contributed by atoms with Crippen molar-refractivity contribution < 1.29 is 14.3 Å². The fourth-order valence-corrected chi connectivity index (χ4v) is 3.85. The van der Waals surface area contributed by atoms with E-state index in [-0.39, 0.29) is 18.7 Å². The number of hydrogen-bond donors (Lipinski definition) is 0. The molecule has 0 unspecified atom stereocenters. The Balaban J connectivity index is 1.42. The molecule has 0 saturated heterocycles. The largest absolute Gasteiger partial charge is 0.497 e. The van der Waals surface area contributed by atoms with E-state index in [9.17, 15) is 9.59 Å². The highest BCUT2D eigenvalue weighted by molar-refractivity contribution is 7.13. The number of benzene rings is 2. The third-order valence-corrected chi connectivity index (χ3v) is 5.54. The molecule has 0 saturated carbocycles. The maximum atomic E-state index is 12.6. The number of ether oxygens (including phenoxy) is 2. The molecule has 2 heterocycles. The number of thiazole rings is 1. The Morgan fingerprint density at radius 2 is 2.03 bits per heavy atom. The second kappa shape index (κ2) is 8.46. The monoisotopic (exact) mass is 421 g/mol. The van der Waals surface area contributed by atoms with Crippen molar-refractivity contribution in [2.75, 3.05) is 7.11 Å². The maximum Gasteiger partial charge on any atom is 0.326 e. The average Bonchev–Trinajstić information content (AvgIpc) is 3.24. The van der Waals surface area contributed by atoms with E-state index in [2.05, 4.69) is 9.97 Å². The van der Waals surface area contributed by atoms with Crippen molar-refractivity contribution in [2.45, 2.75) is 20.1 Å². The summed E-state index contributed by atoms with van der Waals surface area (Å²) in [5.74, 6) is 0.224. The van der Waals surface area contributed by atoms with Crippen LogP contribution < -0.4 is 10.3 Å². The van der Waals surface area contributed by atoms with E-state index in [0.717, 1.165) is 21.9 Å². The Morgan fingerprint density at radius 3 is 2.87 bits per heavy atom. The van der Waals surface area contributed by atoms with Crippen molar-refractivity contribution in [1.29, 1.82) is 0 Å². The predicted octanol–water partition coefficient (Wildman–Crippen LogP) is 3.58. The van der Waals surface area contributed by atoms with Crippen molar-refractivity contribution in [1.82, 2.24) is 14.5 Å². The van der Waals surface area contributed by atoms with Gasteiger partial charge in [-0.05, 0) is 30.7 Å². The average molecular weight is 421 g/mol. The first-order valence-electron chi connectivity index (χ1n) is 9.24. The SMILES string of the molecule is COc1cccc(-c2nc(COC(=O)Cn3cnc4c(C)cccc4c3=O)cs2)c1. The Hall–Kier alpha value is -3.52. The molecule has 0 spiro atoms. The summed E-state index contributed by atoms with van der Waals surface area (Å²) in [6.07, 6.45) is 1.38. The molecule has 0 N–H and O–H groups in total. The number of hydrogen-bond acceptors (Lipinski definition) is 7. The minimum absolute atomic E-state index is 0.0359. The zero-order valence-corrected chi connectivity index (χ0v) is 17.3. The molecule has 0 amide bonds. The van der Waals surface area contributed by atoms with Gasteiger partial charge < -0.3 is 9.47 Å². The number of rotatable bonds is 6. The summed E-state index contributed by atoms with van der Waals surface area (Å²) in [5, 5.41) is 3.13. The van der Waals surface area contributed by atoms with E-state index >= 15 is 0 Å². The summed E-state index contributed by atoms with van der Waals surface area (Å²) in [6, 6.07) is 13.0. The van der Waals surface area contributed by atoms with E-state index in [1.54, 1.807) is 19.2 Å². The molecule has 7 nitrogen and oxygen atoms in total. The number of fused-ring (bicyclic) bond motifs is 1. The molecule has 8 heteroatoms. The van der Waals surface area contributed by atoms with E-state index in [1.165, 1.54) is 22.2 Å². The molecular formula is C22H19N3O4S. The number of esters is 1. The lowest BCUT2D eigenvalue weighted by molar-refractivity contribution is -0.145. The number of para-hydroxylation sites is 1. The Morgan fingerprint density at radius 1 is 1.20 bits per heavy atom. The molecule has 0 atom stereocenters. The molecule has 0 bridgehead atoms. The first-order valence-corrected chi connectivity index (χ1v) is 10.1. The molecule has 0 aliphatic carbocycles. The van der Waals surface area contributed by atoms with Crippen LogP contribution in [0.3, 0.4) is 0 Å². The van der Waals surface area contributed by atoms with Crippen LogP contribution in [-0.2, 0) is 22.7 Å². The third kappa shape index (κ3) is 4.08. The minimum Gasteiger partial charge on any atom is -0.497 e. The topological polar surface area (TPSA) is 83.3 Å². The van der Waals surface area contributed by atoms with Gasteiger partial charge in [-0.15, -0.1) is 11.3 Å². The number of aryl methyl sites for hydroxylation is 1. The molecule has 30 heavy (non-hydrogen) atoms. The van der Waals surface area contributed by atoms with Crippen LogP contribution in [0.15, 0.2) is 59.0 Å². The van der Waals surface area contributed by atoms with Gasteiger partial charge >= 0.3 is 5.97 Å². The standard InChI is InChI=1S/C22H19N3O4S/c1-14-5-3-8-18-20(14)23-13-25(22(18)27)10-19(26)29-11-16-12-30-21(24-16)15-6-4-7-17(9-15)28-2/h3-9,12-13H,10-11H2,1-2H3. The van der Waals surface area contributed by atoms with Gasteiger partial charge in [-0.25, -0.2) is 9.97 Å². The van der Waals surface area contributed by atoms with Gasteiger partial charge in [0.1, 0.15) is 23.9 Å². The number of aromatic nitrogens is 3. The highest BCUT2D eigenvalue weighted by Gasteiger charge is 2.12. The fraction of sp³-hybridized carbons (Fsp3) is 0.182. The first kappa shape index (κ1) is 19.8. The maximum absolute atomic E-state index is 12.6. The quantitative estimate of drug-likeness (QED) is 0.443. The zero-order valence-electron chi connectivity index (χ0n) is 16.5. The normalized spacial score (nSPS) is 10.9. The molecular weight excluding hydrogens is 402 g/mol. The number of carbonyl (C=O) groups is 1. The van der Waals surface area contributed by atoms with Gasteiger partial charge in [0.2, 0.25) is 0 Å².